The van der Waals surface area contributed by atoms with Gasteiger partial charge in [0, 0.05) is 5.71 Å². The third-order valence-electron chi connectivity index (χ3n) is 1.12. The Morgan fingerprint density at radius 2 is 1.30 bits per heavy atom. The SMILES string of the molecule is CC(=N)C(C)(C)C.CNC. The molecular weight excluding hydrogens is 124 g/mol. The lowest BCUT2D eigenvalue weighted by molar-refractivity contribution is 0.584. The Labute approximate surface area is 64.5 Å². The molecule has 0 aliphatic rings. The molecule has 0 spiro atoms. The molecule has 0 atom stereocenters. The van der Waals surface area contributed by atoms with Crippen LogP contribution in [0, 0.1) is 10.8 Å². The third kappa shape index (κ3) is 10.6. The van der Waals surface area contributed by atoms with Gasteiger partial charge >= 0.3 is 0 Å². The molecule has 2 nitrogen and oxygen atoms in total. The molecule has 0 amide bonds. The van der Waals surface area contributed by atoms with Gasteiger partial charge in [0.2, 0.25) is 0 Å². The zero-order valence-corrected chi connectivity index (χ0v) is 8.00. The average Bonchev–Trinajstić information content (AvgIpc) is 1.64. The highest BCUT2D eigenvalue weighted by Gasteiger charge is 2.10. The molecule has 0 heterocycles. The number of hydrogen-bond donors (Lipinski definition) is 2. The summed E-state index contributed by atoms with van der Waals surface area (Å²) in [6.07, 6.45) is 0. The maximum absolute atomic E-state index is 7.15. The summed E-state index contributed by atoms with van der Waals surface area (Å²) in [6.45, 7) is 7.94. The van der Waals surface area contributed by atoms with E-state index in [4.69, 9.17) is 5.41 Å². The van der Waals surface area contributed by atoms with E-state index >= 15 is 0 Å². The topological polar surface area (TPSA) is 35.9 Å². The van der Waals surface area contributed by atoms with Crippen LogP contribution in [0.3, 0.4) is 0 Å². The van der Waals surface area contributed by atoms with Crippen molar-refractivity contribution in [1.29, 1.82) is 5.41 Å². The van der Waals surface area contributed by atoms with Crippen LogP contribution in [0.5, 0.6) is 0 Å². The smallest absolute Gasteiger partial charge is 0.0112 e. The second-order valence-corrected chi connectivity index (χ2v) is 3.38. The van der Waals surface area contributed by atoms with Crippen LogP contribution in [0.25, 0.3) is 0 Å². The maximum atomic E-state index is 7.15. The maximum Gasteiger partial charge on any atom is 0.0112 e. The minimum absolute atomic E-state index is 0.0833. The Morgan fingerprint density at radius 3 is 1.30 bits per heavy atom. The first-order chi connectivity index (χ1) is 4.36. The van der Waals surface area contributed by atoms with Crippen LogP contribution >= 0.6 is 0 Å². The summed E-state index contributed by atoms with van der Waals surface area (Å²) in [4.78, 5) is 0. The Morgan fingerprint density at radius 1 is 1.20 bits per heavy atom. The normalized spacial score (nSPS) is 9.80. The van der Waals surface area contributed by atoms with E-state index < -0.39 is 0 Å². The van der Waals surface area contributed by atoms with E-state index in [0.717, 1.165) is 5.71 Å². The minimum atomic E-state index is 0.0833. The van der Waals surface area contributed by atoms with Crippen molar-refractivity contribution in [1.82, 2.24) is 5.32 Å². The lowest BCUT2D eigenvalue weighted by Gasteiger charge is -2.14. The summed E-state index contributed by atoms with van der Waals surface area (Å²) in [5.74, 6) is 0. The first-order valence-corrected chi connectivity index (χ1v) is 3.50. The van der Waals surface area contributed by atoms with Crippen molar-refractivity contribution >= 4 is 5.71 Å². The van der Waals surface area contributed by atoms with E-state index in [2.05, 4.69) is 5.32 Å². The molecule has 0 saturated carbocycles. The fraction of sp³-hybridized carbons (Fsp3) is 0.875. The fourth-order valence-electron chi connectivity index (χ4n) is 0. The summed E-state index contributed by atoms with van der Waals surface area (Å²) in [5, 5.41) is 9.90. The van der Waals surface area contributed by atoms with E-state index in [1.54, 1.807) is 0 Å². The van der Waals surface area contributed by atoms with E-state index in [1.165, 1.54) is 0 Å². The van der Waals surface area contributed by atoms with Gasteiger partial charge in [-0.1, -0.05) is 20.8 Å². The van der Waals surface area contributed by atoms with Gasteiger partial charge in [-0.25, -0.2) is 0 Å². The molecule has 0 rings (SSSR count). The fourth-order valence-corrected chi connectivity index (χ4v) is 0. The molecule has 0 aliphatic carbocycles. The van der Waals surface area contributed by atoms with Crippen LogP contribution in [0.2, 0.25) is 0 Å². The Balaban J connectivity index is 0. The lowest BCUT2D eigenvalue weighted by atomic mass is 9.91. The van der Waals surface area contributed by atoms with Gasteiger partial charge in [-0.3, -0.25) is 0 Å². The molecule has 0 fully saturated rings. The zero-order valence-electron chi connectivity index (χ0n) is 8.00. The van der Waals surface area contributed by atoms with E-state index in [9.17, 15) is 0 Å². The van der Waals surface area contributed by atoms with E-state index in [0.29, 0.717) is 0 Å². The molecule has 0 aromatic rings. The molecule has 0 radical (unpaired) electrons. The summed E-state index contributed by atoms with van der Waals surface area (Å²) in [6, 6.07) is 0. The molecule has 10 heavy (non-hydrogen) atoms. The van der Waals surface area contributed by atoms with Gasteiger partial charge in [-0.15, -0.1) is 0 Å². The lowest BCUT2D eigenvalue weighted by Crippen LogP contribution is -2.14. The van der Waals surface area contributed by atoms with Gasteiger partial charge in [0.1, 0.15) is 0 Å². The number of hydrogen-bond acceptors (Lipinski definition) is 2. The van der Waals surface area contributed by atoms with E-state index in [-0.39, 0.29) is 5.41 Å². The van der Waals surface area contributed by atoms with Crippen molar-refractivity contribution in [3.63, 3.8) is 0 Å². The standard InChI is InChI=1S/C6H13N.C2H7N/c1-5(7)6(2,3)4;1-3-2/h7H,1-4H3;3H,1-2H3. The third-order valence-corrected chi connectivity index (χ3v) is 1.12. The summed E-state index contributed by atoms with van der Waals surface area (Å²) < 4.78 is 0. The second kappa shape index (κ2) is 5.42. The molecule has 0 aliphatic heterocycles. The Kier molecular flexibility index (Phi) is 6.67. The van der Waals surface area contributed by atoms with Crippen molar-refractivity contribution in [2.24, 2.45) is 5.41 Å². The molecule has 0 aromatic carbocycles. The summed E-state index contributed by atoms with van der Waals surface area (Å²) >= 11 is 0. The largest absolute Gasteiger partial charge is 0.323 e. The summed E-state index contributed by atoms with van der Waals surface area (Å²) in [7, 11) is 3.75. The van der Waals surface area contributed by atoms with Gasteiger partial charge < -0.3 is 10.7 Å². The van der Waals surface area contributed by atoms with Crippen molar-refractivity contribution in [3.8, 4) is 0 Å². The molecule has 62 valence electrons. The molecule has 0 bridgehead atoms. The van der Waals surface area contributed by atoms with Crippen molar-refractivity contribution in [3.05, 3.63) is 0 Å². The molecule has 0 saturated heterocycles. The monoisotopic (exact) mass is 144 g/mol. The second-order valence-electron chi connectivity index (χ2n) is 3.38. The molecule has 2 heteroatoms. The first-order valence-electron chi connectivity index (χ1n) is 3.50. The van der Waals surface area contributed by atoms with Crippen LogP contribution in [0.15, 0.2) is 0 Å². The quantitative estimate of drug-likeness (QED) is 0.500. The van der Waals surface area contributed by atoms with Crippen LogP contribution < -0.4 is 5.32 Å². The van der Waals surface area contributed by atoms with Crippen LogP contribution in [-0.2, 0) is 0 Å². The molecule has 0 unspecified atom stereocenters. The number of nitrogens with one attached hydrogen (secondary N) is 2. The van der Waals surface area contributed by atoms with Gasteiger partial charge in [-0.2, -0.15) is 0 Å². The van der Waals surface area contributed by atoms with Crippen molar-refractivity contribution in [2.45, 2.75) is 27.7 Å². The number of rotatable bonds is 0. The predicted octanol–water partition coefficient (Wildman–Crippen LogP) is 1.91. The first kappa shape index (κ1) is 12.3. The average molecular weight is 144 g/mol. The van der Waals surface area contributed by atoms with Gasteiger partial charge in [0.05, 0.1) is 0 Å². The zero-order chi connectivity index (χ0) is 8.78. The molecule has 2 N–H and O–H groups in total. The highest BCUT2D eigenvalue weighted by atomic mass is 14.7. The predicted molar refractivity (Wildman–Crippen MR) is 47.8 cm³/mol. The molecular formula is C8H20N2. The van der Waals surface area contributed by atoms with Gasteiger partial charge in [0.15, 0.2) is 0 Å². The summed E-state index contributed by atoms with van der Waals surface area (Å²) in [5.41, 5.74) is 0.826. The van der Waals surface area contributed by atoms with Crippen LogP contribution in [0.4, 0.5) is 0 Å². The van der Waals surface area contributed by atoms with Crippen LogP contribution in [-0.4, -0.2) is 19.8 Å². The Hall–Kier alpha value is -0.370. The highest BCUT2D eigenvalue weighted by Crippen LogP contribution is 2.13. The van der Waals surface area contributed by atoms with E-state index in [1.807, 2.05) is 41.8 Å². The van der Waals surface area contributed by atoms with Gasteiger partial charge in [0.25, 0.3) is 0 Å². The Bertz CT molecular complexity index is 89.9. The highest BCUT2D eigenvalue weighted by molar-refractivity contribution is 5.83. The van der Waals surface area contributed by atoms with Gasteiger partial charge in [-0.05, 0) is 26.4 Å². The molecule has 0 aromatic heterocycles. The van der Waals surface area contributed by atoms with Crippen molar-refractivity contribution < 1.29 is 0 Å². The van der Waals surface area contributed by atoms with Crippen molar-refractivity contribution in [2.75, 3.05) is 14.1 Å². The minimum Gasteiger partial charge on any atom is -0.323 e. The van der Waals surface area contributed by atoms with Crippen LogP contribution in [0.1, 0.15) is 27.7 Å².